The van der Waals surface area contributed by atoms with E-state index in [2.05, 4.69) is 20.9 Å². The predicted molar refractivity (Wildman–Crippen MR) is 143 cm³/mol. The Morgan fingerprint density at radius 2 is 1.67 bits per heavy atom. The lowest BCUT2D eigenvalue weighted by Crippen LogP contribution is -2.51. The van der Waals surface area contributed by atoms with Crippen LogP contribution in [0.5, 0.6) is 0 Å². The maximum Gasteiger partial charge on any atom is 0.328 e. The van der Waals surface area contributed by atoms with Gasteiger partial charge in [0.05, 0.1) is 5.52 Å². The van der Waals surface area contributed by atoms with Crippen LogP contribution in [0.2, 0.25) is 0 Å². The highest BCUT2D eigenvalue weighted by Gasteiger charge is 2.37. The van der Waals surface area contributed by atoms with E-state index in [1.165, 1.54) is 0 Å². The summed E-state index contributed by atoms with van der Waals surface area (Å²) >= 11 is 0. The second-order valence-electron chi connectivity index (χ2n) is 8.65. The molecule has 7 heteroatoms. The lowest BCUT2D eigenvalue weighted by molar-refractivity contribution is -0.145. The number of fused-ring (bicyclic) bond motifs is 1. The Bertz CT molecular complexity index is 1370. The first kappa shape index (κ1) is 24.9. The maximum atomic E-state index is 12.8. The summed E-state index contributed by atoms with van der Waals surface area (Å²) in [6, 6.07) is 26.3. The van der Waals surface area contributed by atoms with Crippen LogP contribution < -0.4 is 16.0 Å². The minimum absolute atomic E-state index is 0.228. The van der Waals surface area contributed by atoms with E-state index in [9.17, 15) is 14.7 Å². The van der Waals surface area contributed by atoms with E-state index in [0.29, 0.717) is 24.1 Å². The fraction of sp³-hybridized carbons (Fsp3) is 0.207. The number of amides is 1. The lowest BCUT2D eigenvalue weighted by Gasteiger charge is -2.30. The highest BCUT2D eigenvalue weighted by molar-refractivity contribution is 5.96. The first-order valence-corrected chi connectivity index (χ1v) is 12.0. The van der Waals surface area contributed by atoms with Gasteiger partial charge in [-0.3, -0.25) is 15.1 Å². The summed E-state index contributed by atoms with van der Waals surface area (Å²) < 4.78 is 0. The molecule has 36 heavy (non-hydrogen) atoms. The molecule has 0 saturated heterocycles. The number of nitrogens with zero attached hydrogens (tertiary/aromatic N) is 1. The van der Waals surface area contributed by atoms with Crippen molar-refractivity contribution in [3.05, 3.63) is 102 Å². The predicted octanol–water partition coefficient (Wildman–Crippen LogP) is 5.00. The number of hydrogen-bond donors (Lipinski definition) is 4. The number of aromatic nitrogens is 1. The molecule has 4 N–H and O–H groups in total. The number of benzene rings is 3. The van der Waals surface area contributed by atoms with E-state index in [-0.39, 0.29) is 12.5 Å². The van der Waals surface area contributed by atoms with E-state index in [4.69, 9.17) is 0 Å². The van der Waals surface area contributed by atoms with Gasteiger partial charge in [-0.2, -0.15) is 0 Å². The van der Waals surface area contributed by atoms with Crippen LogP contribution in [0.3, 0.4) is 0 Å². The Morgan fingerprint density at radius 1 is 0.917 bits per heavy atom. The molecule has 0 aliphatic heterocycles. The van der Waals surface area contributed by atoms with E-state index in [1.807, 2.05) is 74.5 Å². The fourth-order valence-electron chi connectivity index (χ4n) is 4.36. The van der Waals surface area contributed by atoms with Crippen molar-refractivity contribution < 1.29 is 14.7 Å². The minimum Gasteiger partial charge on any atom is -0.480 e. The number of aliphatic carboxylic acids is 1. The third kappa shape index (κ3) is 5.37. The molecule has 4 aromatic rings. The van der Waals surface area contributed by atoms with Crippen molar-refractivity contribution in [2.75, 3.05) is 18.4 Å². The van der Waals surface area contributed by atoms with Gasteiger partial charge in [-0.15, -0.1) is 0 Å². The number of carboxylic acids is 1. The Hall–Kier alpha value is -4.23. The minimum atomic E-state index is -1.21. The zero-order chi connectivity index (χ0) is 25.5. The number of para-hydroxylation sites is 1. The van der Waals surface area contributed by atoms with Gasteiger partial charge in [-0.1, -0.05) is 61.5 Å². The number of carbonyl (C=O) groups is 2. The van der Waals surface area contributed by atoms with E-state index in [1.54, 1.807) is 24.3 Å². The fourth-order valence-corrected chi connectivity index (χ4v) is 4.36. The van der Waals surface area contributed by atoms with Gasteiger partial charge in [0.1, 0.15) is 5.54 Å². The summed E-state index contributed by atoms with van der Waals surface area (Å²) in [7, 11) is 0. The molecule has 1 heterocycles. The van der Waals surface area contributed by atoms with Crippen molar-refractivity contribution in [2.45, 2.75) is 25.8 Å². The van der Waals surface area contributed by atoms with Gasteiger partial charge in [0.2, 0.25) is 0 Å². The maximum absolute atomic E-state index is 12.8. The topological polar surface area (TPSA) is 103 Å². The monoisotopic (exact) mass is 482 g/mol. The Morgan fingerprint density at radius 3 is 2.42 bits per heavy atom. The second kappa shape index (κ2) is 11.0. The van der Waals surface area contributed by atoms with Crippen molar-refractivity contribution >= 4 is 34.2 Å². The standard InChI is InChI=1S/C29H30N4O3/c1-3-29(28(35)36,22-11-5-4-6-12-22)31-17-16-30-27(34)21-10-9-13-23(19-21)33-26-18-20(2)32-25-15-8-7-14-24(25)26/h4-15,18-19,31H,3,16-17H2,1-2H3,(H,30,34)(H,32,33)(H,35,36). The van der Waals surface area contributed by atoms with Crippen LogP contribution in [0.25, 0.3) is 10.9 Å². The van der Waals surface area contributed by atoms with Crippen LogP contribution in [0.1, 0.15) is 35.0 Å². The van der Waals surface area contributed by atoms with Gasteiger partial charge in [0, 0.05) is 41.1 Å². The Kier molecular flexibility index (Phi) is 7.61. The zero-order valence-corrected chi connectivity index (χ0v) is 20.4. The Labute approximate surface area is 210 Å². The molecule has 3 aromatic carbocycles. The number of nitrogens with one attached hydrogen (secondary N) is 3. The molecular formula is C29H30N4O3. The molecule has 0 aliphatic rings. The molecule has 184 valence electrons. The molecule has 0 saturated carbocycles. The van der Waals surface area contributed by atoms with Gasteiger partial charge >= 0.3 is 5.97 Å². The summed E-state index contributed by atoms with van der Waals surface area (Å²) in [6.45, 7) is 4.37. The van der Waals surface area contributed by atoms with Crippen molar-refractivity contribution in [3.63, 3.8) is 0 Å². The smallest absolute Gasteiger partial charge is 0.328 e. The molecule has 0 radical (unpaired) electrons. The average Bonchev–Trinajstić information content (AvgIpc) is 2.89. The van der Waals surface area contributed by atoms with Crippen LogP contribution in [-0.4, -0.2) is 35.1 Å². The first-order valence-electron chi connectivity index (χ1n) is 12.0. The number of carbonyl (C=O) groups excluding carboxylic acids is 1. The molecule has 1 aromatic heterocycles. The third-order valence-electron chi connectivity index (χ3n) is 6.25. The molecule has 4 rings (SSSR count). The van der Waals surface area contributed by atoms with Crippen molar-refractivity contribution in [1.29, 1.82) is 0 Å². The second-order valence-corrected chi connectivity index (χ2v) is 8.65. The van der Waals surface area contributed by atoms with Crippen molar-refractivity contribution in [2.24, 2.45) is 0 Å². The number of pyridine rings is 1. The van der Waals surface area contributed by atoms with Gasteiger partial charge in [0.25, 0.3) is 5.91 Å². The lowest BCUT2D eigenvalue weighted by atomic mass is 9.87. The summed E-state index contributed by atoms with van der Waals surface area (Å²) in [5, 5.41) is 20.4. The number of aryl methyl sites for hydroxylation is 1. The number of anilines is 2. The molecule has 1 atom stereocenters. The molecule has 1 unspecified atom stereocenters. The van der Waals surface area contributed by atoms with Crippen molar-refractivity contribution in [3.8, 4) is 0 Å². The molecule has 0 spiro atoms. The molecule has 7 nitrogen and oxygen atoms in total. The summed E-state index contributed by atoms with van der Waals surface area (Å²) in [5.41, 5.74) is 3.50. The molecule has 0 fully saturated rings. The van der Waals surface area contributed by atoms with Crippen LogP contribution in [-0.2, 0) is 10.3 Å². The number of rotatable bonds is 10. The molecule has 0 aliphatic carbocycles. The molecule has 1 amide bonds. The van der Waals surface area contributed by atoms with Crippen LogP contribution in [0, 0.1) is 6.92 Å². The number of carboxylic acid groups (broad SMARTS) is 1. The zero-order valence-electron chi connectivity index (χ0n) is 20.4. The van der Waals surface area contributed by atoms with Gasteiger partial charge < -0.3 is 15.7 Å². The van der Waals surface area contributed by atoms with Gasteiger partial charge in [0.15, 0.2) is 0 Å². The summed E-state index contributed by atoms with van der Waals surface area (Å²) in [6.07, 6.45) is 0.372. The normalized spacial score (nSPS) is 12.6. The van der Waals surface area contributed by atoms with Crippen molar-refractivity contribution in [1.82, 2.24) is 15.6 Å². The average molecular weight is 483 g/mol. The van der Waals surface area contributed by atoms with Gasteiger partial charge in [-0.05, 0) is 49.2 Å². The van der Waals surface area contributed by atoms with Crippen LogP contribution >= 0.6 is 0 Å². The highest BCUT2D eigenvalue weighted by Crippen LogP contribution is 2.27. The SMILES string of the molecule is CCC(NCCNC(=O)c1cccc(Nc2cc(C)nc3ccccc23)c1)(C(=O)O)c1ccccc1. The largest absolute Gasteiger partial charge is 0.480 e. The summed E-state index contributed by atoms with van der Waals surface area (Å²) in [4.78, 5) is 29.5. The quantitative estimate of drug-likeness (QED) is 0.237. The Balaban J connectivity index is 1.41. The number of hydrogen-bond acceptors (Lipinski definition) is 5. The van der Waals surface area contributed by atoms with E-state index < -0.39 is 11.5 Å². The van der Waals surface area contributed by atoms with E-state index in [0.717, 1.165) is 28.0 Å². The molecule has 0 bridgehead atoms. The molecular weight excluding hydrogens is 452 g/mol. The first-order chi connectivity index (χ1) is 17.4. The highest BCUT2D eigenvalue weighted by atomic mass is 16.4. The third-order valence-corrected chi connectivity index (χ3v) is 6.25. The van der Waals surface area contributed by atoms with Crippen LogP contribution in [0.4, 0.5) is 11.4 Å². The van der Waals surface area contributed by atoms with Crippen LogP contribution in [0.15, 0.2) is 84.9 Å². The van der Waals surface area contributed by atoms with Gasteiger partial charge in [-0.25, -0.2) is 4.79 Å². The van der Waals surface area contributed by atoms with E-state index >= 15 is 0 Å². The summed E-state index contributed by atoms with van der Waals surface area (Å²) in [5.74, 6) is -1.17.